The average Bonchev–Trinajstić information content (AvgIpc) is 2.65. The van der Waals surface area contributed by atoms with Crippen LogP contribution < -0.4 is 5.32 Å². The van der Waals surface area contributed by atoms with Crippen molar-refractivity contribution in [3.05, 3.63) is 30.3 Å². The molecule has 1 aromatic rings. The lowest BCUT2D eigenvalue weighted by Crippen LogP contribution is -2.37. The van der Waals surface area contributed by atoms with Gasteiger partial charge in [-0.15, -0.1) is 11.8 Å². The van der Waals surface area contributed by atoms with Crippen molar-refractivity contribution in [2.75, 3.05) is 12.4 Å². The number of aliphatic hydroxyl groups is 3. The zero-order chi connectivity index (χ0) is 12.3. The van der Waals surface area contributed by atoms with Gasteiger partial charge < -0.3 is 20.6 Å². The predicted molar refractivity (Wildman–Crippen MR) is 67.0 cm³/mol. The maximum atomic E-state index is 9.80. The average molecular weight is 255 g/mol. The van der Waals surface area contributed by atoms with Gasteiger partial charge in [0, 0.05) is 16.7 Å². The van der Waals surface area contributed by atoms with Crippen LogP contribution in [0.2, 0.25) is 0 Å². The van der Waals surface area contributed by atoms with Crippen molar-refractivity contribution in [3.8, 4) is 0 Å². The fourth-order valence-corrected chi connectivity index (χ4v) is 2.97. The van der Waals surface area contributed by atoms with Crippen LogP contribution in [0.4, 0.5) is 0 Å². The Morgan fingerprint density at radius 3 is 2.29 bits per heavy atom. The van der Waals surface area contributed by atoms with Gasteiger partial charge in [0.15, 0.2) is 0 Å². The van der Waals surface area contributed by atoms with E-state index in [2.05, 4.69) is 5.32 Å². The minimum Gasteiger partial charge on any atom is -0.395 e. The van der Waals surface area contributed by atoms with Crippen molar-refractivity contribution >= 4 is 11.8 Å². The molecule has 1 aliphatic rings. The van der Waals surface area contributed by atoms with Gasteiger partial charge in [0.25, 0.3) is 0 Å². The lowest BCUT2D eigenvalue weighted by Gasteiger charge is -2.15. The van der Waals surface area contributed by atoms with Crippen LogP contribution in [0.25, 0.3) is 0 Å². The first-order valence-corrected chi connectivity index (χ1v) is 6.62. The molecule has 1 saturated heterocycles. The Bertz CT molecular complexity index is 349. The highest BCUT2D eigenvalue weighted by Gasteiger charge is 2.40. The summed E-state index contributed by atoms with van der Waals surface area (Å²) in [6.07, 6.45) is -1.70. The van der Waals surface area contributed by atoms with Gasteiger partial charge >= 0.3 is 0 Å². The van der Waals surface area contributed by atoms with Crippen LogP contribution in [-0.2, 0) is 0 Å². The third kappa shape index (κ3) is 3.00. The van der Waals surface area contributed by atoms with Gasteiger partial charge in [-0.1, -0.05) is 18.2 Å². The van der Waals surface area contributed by atoms with Crippen molar-refractivity contribution in [2.45, 2.75) is 29.2 Å². The minimum atomic E-state index is -0.888. The van der Waals surface area contributed by atoms with E-state index in [-0.39, 0.29) is 12.6 Å². The zero-order valence-corrected chi connectivity index (χ0v) is 10.2. The number of rotatable bonds is 4. The Kier molecular flexibility index (Phi) is 4.42. The molecule has 1 aromatic carbocycles. The quantitative estimate of drug-likeness (QED) is 0.562. The Balaban J connectivity index is 1.88. The van der Waals surface area contributed by atoms with Crippen LogP contribution in [0.3, 0.4) is 0 Å². The highest BCUT2D eigenvalue weighted by Crippen LogP contribution is 2.23. The van der Waals surface area contributed by atoms with Crippen molar-refractivity contribution in [3.63, 3.8) is 0 Å². The molecule has 0 saturated carbocycles. The molecule has 0 unspecified atom stereocenters. The van der Waals surface area contributed by atoms with E-state index >= 15 is 0 Å². The molecule has 4 N–H and O–H groups in total. The molecule has 0 radical (unpaired) electrons. The van der Waals surface area contributed by atoms with Gasteiger partial charge in [-0.3, -0.25) is 0 Å². The Labute approximate surface area is 105 Å². The van der Waals surface area contributed by atoms with E-state index in [4.69, 9.17) is 5.11 Å². The molecule has 0 amide bonds. The second-order valence-corrected chi connectivity index (χ2v) is 5.26. The van der Waals surface area contributed by atoms with Gasteiger partial charge in [0.2, 0.25) is 0 Å². The van der Waals surface area contributed by atoms with E-state index in [0.717, 1.165) is 4.90 Å². The van der Waals surface area contributed by atoms with E-state index in [1.807, 2.05) is 30.3 Å². The highest BCUT2D eigenvalue weighted by molar-refractivity contribution is 7.99. The number of benzene rings is 1. The smallest absolute Gasteiger partial charge is 0.0989 e. The normalized spacial score (nSPS) is 32.9. The third-order valence-corrected chi connectivity index (χ3v) is 4.10. The molecule has 0 aliphatic carbocycles. The van der Waals surface area contributed by atoms with Gasteiger partial charge in [-0.2, -0.15) is 0 Å². The number of thioether (sulfide) groups is 1. The fraction of sp³-hybridized carbons (Fsp3) is 0.500. The van der Waals surface area contributed by atoms with Gasteiger partial charge in [-0.05, 0) is 12.1 Å². The molecule has 2 rings (SSSR count). The van der Waals surface area contributed by atoms with E-state index in [0.29, 0.717) is 5.75 Å². The number of hydrogen-bond acceptors (Lipinski definition) is 5. The molecule has 5 heteroatoms. The second-order valence-electron chi connectivity index (χ2n) is 4.17. The summed E-state index contributed by atoms with van der Waals surface area (Å²) in [6.45, 7) is -0.162. The summed E-state index contributed by atoms with van der Waals surface area (Å²) in [6, 6.07) is 9.29. The monoisotopic (exact) mass is 255 g/mol. The van der Waals surface area contributed by atoms with Crippen LogP contribution in [0.15, 0.2) is 35.2 Å². The molecule has 94 valence electrons. The molecule has 4 atom stereocenters. The van der Waals surface area contributed by atoms with Crippen molar-refractivity contribution in [2.24, 2.45) is 0 Å². The fourth-order valence-electron chi connectivity index (χ4n) is 1.96. The summed E-state index contributed by atoms with van der Waals surface area (Å²) in [5.74, 6) is 0.665. The van der Waals surface area contributed by atoms with E-state index in [1.54, 1.807) is 11.8 Å². The molecule has 1 aliphatic heterocycles. The molecule has 1 fully saturated rings. The summed E-state index contributed by atoms with van der Waals surface area (Å²) in [7, 11) is 0. The van der Waals surface area contributed by atoms with Crippen molar-refractivity contribution in [1.82, 2.24) is 5.32 Å². The van der Waals surface area contributed by atoms with Crippen LogP contribution in [0.1, 0.15) is 0 Å². The zero-order valence-electron chi connectivity index (χ0n) is 9.36. The first-order chi connectivity index (χ1) is 8.22. The lowest BCUT2D eigenvalue weighted by molar-refractivity contribution is 0.0219. The second kappa shape index (κ2) is 5.84. The molecule has 17 heavy (non-hydrogen) atoms. The van der Waals surface area contributed by atoms with Gasteiger partial charge in [-0.25, -0.2) is 0 Å². The summed E-state index contributed by atoms with van der Waals surface area (Å²) in [5.41, 5.74) is 0. The summed E-state index contributed by atoms with van der Waals surface area (Å²) >= 11 is 1.62. The first kappa shape index (κ1) is 12.9. The number of aliphatic hydroxyl groups excluding tert-OH is 3. The van der Waals surface area contributed by atoms with Crippen molar-refractivity contribution in [1.29, 1.82) is 0 Å². The number of hydrogen-bond donors (Lipinski definition) is 4. The topological polar surface area (TPSA) is 72.7 Å². The van der Waals surface area contributed by atoms with E-state index < -0.39 is 18.2 Å². The van der Waals surface area contributed by atoms with Crippen LogP contribution in [-0.4, -0.2) is 52.0 Å². The predicted octanol–water partition coefficient (Wildman–Crippen LogP) is -0.167. The SMILES string of the molecule is OC[C@H]1N[C@@H](CSc2ccccc2)[C@@H](O)[C@@H]1O. The molecular formula is C12H17NO3S. The summed E-state index contributed by atoms with van der Waals surface area (Å²) in [4.78, 5) is 1.13. The maximum absolute atomic E-state index is 9.80. The lowest BCUT2D eigenvalue weighted by atomic mass is 10.1. The molecule has 1 heterocycles. The third-order valence-electron chi connectivity index (χ3n) is 2.97. The molecule has 4 nitrogen and oxygen atoms in total. The van der Waals surface area contributed by atoms with E-state index in [9.17, 15) is 10.2 Å². The molecule has 0 aromatic heterocycles. The molecule has 0 bridgehead atoms. The van der Waals surface area contributed by atoms with Crippen LogP contribution >= 0.6 is 11.8 Å². The van der Waals surface area contributed by atoms with Crippen molar-refractivity contribution < 1.29 is 15.3 Å². The van der Waals surface area contributed by atoms with Crippen LogP contribution in [0.5, 0.6) is 0 Å². The summed E-state index contributed by atoms with van der Waals surface area (Å²) < 4.78 is 0. The Morgan fingerprint density at radius 2 is 1.71 bits per heavy atom. The molecular weight excluding hydrogens is 238 g/mol. The largest absolute Gasteiger partial charge is 0.395 e. The molecule has 0 spiro atoms. The van der Waals surface area contributed by atoms with Gasteiger partial charge in [0.1, 0.15) is 0 Å². The van der Waals surface area contributed by atoms with E-state index in [1.165, 1.54) is 0 Å². The van der Waals surface area contributed by atoms with Gasteiger partial charge in [0.05, 0.1) is 24.9 Å². The summed E-state index contributed by atoms with van der Waals surface area (Å²) in [5, 5.41) is 31.5. The minimum absolute atomic E-state index is 0.162. The maximum Gasteiger partial charge on any atom is 0.0989 e. The standard InChI is InChI=1S/C12H17NO3S/c14-6-9-11(15)12(16)10(13-9)7-17-8-4-2-1-3-5-8/h1-5,9-16H,6-7H2/t9-,10+,11-,12-/m1/s1. The first-order valence-electron chi connectivity index (χ1n) is 5.63. The number of nitrogens with one attached hydrogen (secondary N) is 1. The Hall–Kier alpha value is -0.590. The highest BCUT2D eigenvalue weighted by atomic mass is 32.2. The van der Waals surface area contributed by atoms with Crippen LogP contribution in [0, 0.1) is 0 Å². The Morgan fingerprint density at radius 1 is 1.06 bits per heavy atom.